The molecule has 24 heavy (non-hydrogen) atoms. The van der Waals surface area contributed by atoms with Crippen LogP contribution in [0, 0.1) is 22.0 Å². The van der Waals surface area contributed by atoms with Gasteiger partial charge in [0.25, 0.3) is 5.69 Å². The average Bonchev–Trinajstić information content (AvgIpc) is 2.54. The van der Waals surface area contributed by atoms with Gasteiger partial charge in [-0.1, -0.05) is 18.6 Å². The molecular weight excluding hydrogens is 306 g/mol. The van der Waals surface area contributed by atoms with Crippen LogP contribution in [0.2, 0.25) is 0 Å². The largest absolute Gasteiger partial charge is 0.353 e. The lowest BCUT2D eigenvalue weighted by Gasteiger charge is -2.45. The summed E-state index contributed by atoms with van der Waals surface area (Å²) in [7, 11) is 0. The number of nitrogens with zero attached hydrogens (tertiary/aromatic N) is 1. The Morgan fingerprint density at radius 1 is 1.29 bits per heavy atom. The predicted molar refractivity (Wildman–Crippen MR) is 91.4 cm³/mol. The van der Waals surface area contributed by atoms with E-state index in [1.54, 1.807) is 12.1 Å². The molecule has 3 N–H and O–H groups in total. The monoisotopic (exact) mass is 331 g/mol. The number of carbonyl (C=O) groups is 1. The number of nitro groups is 1. The van der Waals surface area contributed by atoms with Gasteiger partial charge in [0.05, 0.1) is 4.92 Å². The normalized spacial score (nSPS) is 29.0. The fraction of sp³-hybridized carbons (Fsp3) is 0.611. The average molecular weight is 331 g/mol. The third-order valence-corrected chi connectivity index (χ3v) is 5.47. The van der Waals surface area contributed by atoms with Gasteiger partial charge < -0.3 is 11.1 Å². The summed E-state index contributed by atoms with van der Waals surface area (Å²) in [4.78, 5) is 22.7. The second-order valence-electron chi connectivity index (χ2n) is 7.20. The zero-order valence-electron chi connectivity index (χ0n) is 13.8. The Hall–Kier alpha value is -1.95. The quantitative estimate of drug-likeness (QED) is 0.640. The summed E-state index contributed by atoms with van der Waals surface area (Å²) in [6.07, 6.45) is 6.44. The highest BCUT2D eigenvalue weighted by atomic mass is 16.6. The summed E-state index contributed by atoms with van der Waals surface area (Å²) in [5.41, 5.74) is 7.02. The standard InChI is InChI=1S/C18H25N3O3/c19-15-10-13-4-2-5-14(11-15)18(13)20-17(22)8-7-12-3-1-6-16(9-12)21(23)24/h1,3,6,9,13-15,18H,2,4-5,7-8,10-11,19H2,(H,20,22). The number of nitrogens with two attached hydrogens (primary N) is 1. The van der Waals surface area contributed by atoms with E-state index in [0.717, 1.165) is 31.2 Å². The molecule has 2 aliphatic rings. The summed E-state index contributed by atoms with van der Waals surface area (Å²) in [5.74, 6) is 1.06. The van der Waals surface area contributed by atoms with Crippen molar-refractivity contribution in [3.8, 4) is 0 Å². The molecule has 2 bridgehead atoms. The van der Waals surface area contributed by atoms with Crippen LogP contribution in [0.15, 0.2) is 24.3 Å². The fourth-order valence-electron chi connectivity index (χ4n) is 4.37. The molecule has 1 aromatic rings. The van der Waals surface area contributed by atoms with Gasteiger partial charge in [-0.25, -0.2) is 0 Å². The van der Waals surface area contributed by atoms with Crippen molar-refractivity contribution in [1.82, 2.24) is 5.32 Å². The second-order valence-corrected chi connectivity index (χ2v) is 7.20. The number of fused-ring (bicyclic) bond motifs is 2. The molecule has 2 unspecified atom stereocenters. The summed E-state index contributed by atoms with van der Waals surface area (Å²) >= 11 is 0. The van der Waals surface area contributed by atoms with Gasteiger partial charge in [-0.05, 0) is 49.5 Å². The third-order valence-electron chi connectivity index (χ3n) is 5.47. The molecule has 2 aliphatic carbocycles. The fourth-order valence-corrected chi connectivity index (χ4v) is 4.37. The first kappa shape index (κ1) is 16.9. The van der Waals surface area contributed by atoms with E-state index in [4.69, 9.17) is 5.73 Å². The molecule has 0 aliphatic heterocycles. The number of carbonyl (C=O) groups excluding carboxylic acids is 1. The van der Waals surface area contributed by atoms with Gasteiger partial charge in [-0.3, -0.25) is 14.9 Å². The number of benzene rings is 1. The van der Waals surface area contributed by atoms with Crippen molar-refractivity contribution < 1.29 is 9.72 Å². The van der Waals surface area contributed by atoms with Crippen LogP contribution >= 0.6 is 0 Å². The zero-order chi connectivity index (χ0) is 17.1. The van der Waals surface area contributed by atoms with Crippen molar-refractivity contribution in [2.45, 2.75) is 57.0 Å². The molecule has 6 nitrogen and oxygen atoms in total. The lowest BCUT2D eigenvalue weighted by atomic mass is 9.67. The molecule has 3 rings (SSSR count). The lowest BCUT2D eigenvalue weighted by molar-refractivity contribution is -0.384. The first-order valence-corrected chi connectivity index (χ1v) is 8.81. The minimum absolute atomic E-state index is 0.0406. The van der Waals surface area contributed by atoms with Crippen molar-refractivity contribution in [2.75, 3.05) is 0 Å². The summed E-state index contributed by atoms with van der Waals surface area (Å²) in [6, 6.07) is 7.04. The molecule has 1 aromatic carbocycles. The van der Waals surface area contributed by atoms with Crippen LogP contribution in [0.25, 0.3) is 0 Å². The Morgan fingerprint density at radius 3 is 2.67 bits per heavy atom. The number of nitrogens with one attached hydrogen (secondary N) is 1. The highest BCUT2D eigenvalue weighted by Gasteiger charge is 2.39. The minimum Gasteiger partial charge on any atom is -0.353 e. The van der Waals surface area contributed by atoms with Gasteiger partial charge in [0.2, 0.25) is 5.91 Å². The molecule has 0 spiro atoms. The van der Waals surface area contributed by atoms with Gasteiger partial charge in [0.1, 0.15) is 0 Å². The maximum atomic E-state index is 12.3. The van der Waals surface area contributed by atoms with Gasteiger partial charge in [0, 0.05) is 30.6 Å². The van der Waals surface area contributed by atoms with Crippen LogP contribution in [0.1, 0.15) is 44.1 Å². The Labute approximate surface area is 142 Å². The summed E-state index contributed by atoms with van der Waals surface area (Å²) in [5, 5.41) is 14.0. The molecule has 1 amide bonds. The van der Waals surface area contributed by atoms with Gasteiger partial charge >= 0.3 is 0 Å². The van der Waals surface area contributed by atoms with E-state index >= 15 is 0 Å². The molecule has 0 saturated heterocycles. The van der Waals surface area contributed by atoms with E-state index in [1.165, 1.54) is 12.5 Å². The highest BCUT2D eigenvalue weighted by Crippen LogP contribution is 2.39. The zero-order valence-corrected chi connectivity index (χ0v) is 13.8. The molecule has 6 heteroatoms. The van der Waals surface area contributed by atoms with Gasteiger partial charge in [0.15, 0.2) is 0 Å². The molecule has 0 radical (unpaired) electrons. The van der Waals surface area contributed by atoms with Crippen LogP contribution in [-0.4, -0.2) is 22.9 Å². The van der Waals surface area contributed by atoms with Crippen LogP contribution in [0.5, 0.6) is 0 Å². The van der Waals surface area contributed by atoms with Crippen molar-refractivity contribution in [1.29, 1.82) is 0 Å². The maximum Gasteiger partial charge on any atom is 0.269 e. The van der Waals surface area contributed by atoms with Crippen molar-refractivity contribution in [3.05, 3.63) is 39.9 Å². The Bertz CT molecular complexity index is 605. The Morgan fingerprint density at radius 2 is 2.00 bits per heavy atom. The molecular formula is C18H25N3O3. The number of nitro benzene ring substituents is 1. The number of aryl methyl sites for hydroxylation is 1. The van der Waals surface area contributed by atoms with Gasteiger partial charge in [-0.15, -0.1) is 0 Å². The van der Waals surface area contributed by atoms with Crippen LogP contribution in [-0.2, 0) is 11.2 Å². The van der Waals surface area contributed by atoms with E-state index in [2.05, 4.69) is 5.32 Å². The molecule has 2 fully saturated rings. The summed E-state index contributed by atoms with van der Waals surface area (Å²) in [6.45, 7) is 0. The first-order chi connectivity index (χ1) is 11.5. The molecule has 2 saturated carbocycles. The third kappa shape index (κ3) is 3.93. The van der Waals surface area contributed by atoms with Crippen molar-refractivity contribution >= 4 is 11.6 Å². The number of hydrogen-bond acceptors (Lipinski definition) is 4. The first-order valence-electron chi connectivity index (χ1n) is 8.81. The van der Waals surface area contributed by atoms with Crippen molar-refractivity contribution in [2.24, 2.45) is 17.6 Å². The number of non-ortho nitro benzene ring substituents is 1. The predicted octanol–water partition coefficient (Wildman–Crippen LogP) is 2.55. The lowest BCUT2D eigenvalue weighted by Crippen LogP contribution is -2.53. The number of rotatable bonds is 5. The van der Waals surface area contributed by atoms with Crippen LogP contribution in [0.4, 0.5) is 5.69 Å². The van der Waals surface area contributed by atoms with Crippen LogP contribution in [0.3, 0.4) is 0 Å². The Kier molecular flexibility index (Phi) is 5.14. The second kappa shape index (κ2) is 7.30. The Balaban J connectivity index is 1.54. The van der Waals surface area contributed by atoms with Crippen molar-refractivity contribution in [3.63, 3.8) is 0 Å². The van der Waals surface area contributed by atoms with Gasteiger partial charge in [-0.2, -0.15) is 0 Å². The SMILES string of the molecule is NC1CC2CCCC(C1)C2NC(=O)CCc1cccc([N+](=O)[O-])c1. The van der Waals surface area contributed by atoms with E-state index in [0.29, 0.717) is 24.7 Å². The molecule has 130 valence electrons. The van der Waals surface area contributed by atoms with Crippen LogP contribution < -0.4 is 11.1 Å². The van der Waals surface area contributed by atoms with E-state index in [1.807, 2.05) is 6.07 Å². The minimum atomic E-state index is -0.407. The molecule has 2 atom stereocenters. The maximum absolute atomic E-state index is 12.3. The molecule has 0 heterocycles. The summed E-state index contributed by atoms with van der Waals surface area (Å²) < 4.78 is 0. The van der Waals surface area contributed by atoms with E-state index in [-0.39, 0.29) is 23.7 Å². The topological polar surface area (TPSA) is 98.3 Å². The van der Waals surface area contributed by atoms with E-state index in [9.17, 15) is 14.9 Å². The number of hydrogen-bond donors (Lipinski definition) is 2. The smallest absolute Gasteiger partial charge is 0.269 e. The van der Waals surface area contributed by atoms with E-state index < -0.39 is 4.92 Å². The highest BCUT2D eigenvalue weighted by molar-refractivity contribution is 5.76. The number of amides is 1. The molecule has 0 aromatic heterocycles.